The number of carbonyl (C=O) groups is 1. The highest BCUT2D eigenvalue weighted by molar-refractivity contribution is 5.85. The Morgan fingerprint density at radius 2 is 1.88 bits per heavy atom. The van der Waals surface area contributed by atoms with Crippen LogP contribution in [-0.4, -0.2) is 21.7 Å². The monoisotopic (exact) mass is 350 g/mol. The summed E-state index contributed by atoms with van der Waals surface area (Å²) < 4.78 is 1.91. The third-order valence-corrected chi connectivity index (χ3v) is 3.94. The summed E-state index contributed by atoms with van der Waals surface area (Å²) in [4.78, 5) is 12.1. The topological polar surface area (TPSA) is 72.9 Å². The van der Waals surface area contributed by atoms with Gasteiger partial charge >= 0.3 is 0 Å². The van der Waals surface area contributed by atoms with Crippen molar-refractivity contribution in [3.05, 3.63) is 47.3 Å². The molecule has 1 aromatic carbocycles. The fourth-order valence-electron chi connectivity index (χ4n) is 2.67. The number of rotatable bonds is 6. The number of para-hydroxylation sites is 1. The van der Waals surface area contributed by atoms with Gasteiger partial charge in [0.25, 0.3) is 0 Å². The molecular weight excluding hydrogens is 324 g/mol. The maximum atomic E-state index is 12.1. The van der Waals surface area contributed by atoms with Crippen LogP contribution in [0.1, 0.15) is 37.2 Å². The van der Waals surface area contributed by atoms with Crippen LogP contribution in [0.15, 0.2) is 30.3 Å². The van der Waals surface area contributed by atoms with E-state index in [0.29, 0.717) is 18.9 Å². The predicted molar refractivity (Wildman–Crippen MR) is 99.6 cm³/mol. The summed E-state index contributed by atoms with van der Waals surface area (Å²) in [5.41, 5.74) is 9.93. The first-order valence-electron chi connectivity index (χ1n) is 8.04. The van der Waals surface area contributed by atoms with E-state index in [2.05, 4.69) is 24.3 Å². The van der Waals surface area contributed by atoms with Crippen LogP contribution in [0, 0.1) is 19.8 Å². The van der Waals surface area contributed by atoms with Gasteiger partial charge in [-0.2, -0.15) is 5.10 Å². The molecule has 1 aromatic heterocycles. The van der Waals surface area contributed by atoms with Gasteiger partial charge in [0.15, 0.2) is 0 Å². The fourth-order valence-corrected chi connectivity index (χ4v) is 2.67. The van der Waals surface area contributed by atoms with Gasteiger partial charge in [-0.15, -0.1) is 12.4 Å². The van der Waals surface area contributed by atoms with E-state index in [1.807, 2.05) is 48.9 Å². The van der Waals surface area contributed by atoms with Gasteiger partial charge in [0, 0.05) is 17.8 Å². The van der Waals surface area contributed by atoms with Crippen molar-refractivity contribution < 1.29 is 4.79 Å². The number of hydrogen-bond acceptors (Lipinski definition) is 3. The van der Waals surface area contributed by atoms with Gasteiger partial charge < -0.3 is 11.1 Å². The first-order chi connectivity index (χ1) is 10.9. The zero-order valence-electron chi connectivity index (χ0n) is 14.7. The average Bonchev–Trinajstić information content (AvgIpc) is 2.80. The molecule has 3 N–H and O–H groups in total. The second-order valence-corrected chi connectivity index (χ2v) is 6.35. The number of aromatic nitrogens is 2. The van der Waals surface area contributed by atoms with Crippen LogP contribution in [-0.2, 0) is 11.3 Å². The lowest BCUT2D eigenvalue weighted by molar-refractivity contribution is -0.122. The Labute approximate surface area is 150 Å². The van der Waals surface area contributed by atoms with E-state index in [4.69, 9.17) is 5.73 Å². The molecule has 5 nitrogen and oxygen atoms in total. The molecule has 0 aliphatic heterocycles. The Kier molecular flexibility index (Phi) is 7.45. The van der Waals surface area contributed by atoms with Gasteiger partial charge in [0.05, 0.1) is 17.4 Å². The number of hydrogen-bond donors (Lipinski definition) is 2. The summed E-state index contributed by atoms with van der Waals surface area (Å²) >= 11 is 0. The van der Waals surface area contributed by atoms with Gasteiger partial charge in [-0.3, -0.25) is 4.79 Å². The average molecular weight is 351 g/mol. The molecule has 132 valence electrons. The predicted octanol–water partition coefficient (Wildman–Crippen LogP) is 2.90. The van der Waals surface area contributed by atoms with E-state index < -0.39 is 6.04 Å². The van der Waals surface area contributed by atoms with Crippen molar-refractivity contribution in [3.63, 3.8) is 0 Å². The zero-order chi connectivity index (χ0) is 17.0. The smallest absolute Gasteiger partial charge is 0.237 e. The molecule has 6 heteroatoms. The van der Waals surface area contributed by atoms with Crippen LogP contribution in [0.3, 0.4) is 0 Å². The molecule has 0 saturated carbocycles. The number of carbonyl (C=O) groups excluding carboxylic acids is 1. The molecule has 0 unspecified atom stereocenters. The summed E-state index contributed by atoms with van der Waals surface area (Å²) in [5.74, 6) is 0.296. The lowest BCUT2D eigenvalue weighted by atomic mass is 10.0. The van der Waals surface area contributed by atoms with Crippen molar-refractivity contribution in [3.8, 4) is 5.69 Å². The summed E-state index contributed by atoms with van der Waals surface area (Å²) in [6, 6.07) is 9.52. The Bertz CT molecular complexity index is 667. The van der Waals surface area contributed by atoms with Crippen molar-refractivity contribution in [2.45, 2.75) is 46.7 Å². The summed E-state index contributed by atoms with van der Waals surface area (Å²) in [6.07, 6.45) is 0.688. The van der Waals surface area contributed by atoms with Gasteiger partial charge in [-0.1, -0.05) is 32.0 Å². The van der Waals surface area contributed by atoms with Gasteiger partial charge in [-0.25, -0.2) is 4.68 Å². The molecule has 24 heavy (non-hydrogen) atoms. The number of amides is 1. The van der Waals surface area contributed by atoms with E-state index in [1.54, 1.807) is 0 Å². The molecule has 0 radical (unpaired) electrons. The minimum atomic E-state index is -0.459. The molecule has 0 saturated heterocycles. The van der Waals surface area contributed by atoms with Gasteiger partial charge in [0.1, 0.15) is 0 Å². The van der Waals surface area contributed by atoms with Crippen molar-refractivity contribution in [1.29, 1.82) is 0 Å². The maximum absolute atomic E-state index is 12.1. The number of aryl methyl sites for hydroxylation is 1. The van der Waals surface area contributed by atoms with Crippen molar-refractivity contribution in [1.82, 2.24) is 15.1 Å². The molecule has 0 spiro atoms. The number of nitrogens with zero attached hydrogens (tertiary/aromatic N) is 2. The molecule has 0 fully saturated rings. The fraction of sp³-hybridized carbons (Fsp3) is 0.444. The van der Waals surface area contributed by atoms with Crippen molar-refractivity contribution in [2.75, 3.05) is 0 Å². The Morgan fingerprint density at radius 1 is 1.25 bits per heavy atom. The summed E-state index contributed by atoms with van der Waals surface area (Å²) in [6.45, 7) is 8.55. The van der Waals surface area contributed by atoms with Crippen LogP contribution >= 0.6 is 12.4 Å². The largest absolute Gasteiger partial charge is 0.351 e. The lowest BCUT2D eigenvalue weighted by Gasteiger charge is -2.14. The normalized spacial score (nSPS) is 11.9. The standard InChI is InChI=1S/C18H26N4O.ClH/c1-12(2)10-17(19)18(23)20-11-16-13(3)21-22(14(16)4)15-8-6-5-7-9-15;/h5-9,12,17H,10-11,19H2,1-4H3,(H,20,23);1H/t17-;/m0./s1. The number of nitrogens with one attached hydrogen (secondary N) is 1. The summed E-state index contributed by atoms with van der Waals surface area (Å²) in [5, 5.41) is 7.52. The molecule has 0 aliphatic rings. The molecule has 2 aromatic rings. The van der Waals surface area contributed by atoms with Crippen LogP contribution < -0.4 is 11.1 Å². The van der Waals surface area contributed by atoms with Crippen LogP contribution in [0.2, 0.25) is 0 Å². The second kappa shape index (κ2) is 8.85. The Hall–Kier alpha value is -1.85. The van der Waals surface area contributed by atoms with E-state index in [9.17, 15) is 4.79 Å². The highest BCUT2D eigenvalue weighted by Crippen LogP contribution is 2.17. The second-order valence-electron chi connectivity index (χ2n) is 6.35. The van der Waals surface area contributed by atoms with Gasteiger partial charge in [0.2, 0.25) is 5.91 Å². The third-order valence-electron chi connectivity index (χ3n) is 3.94. The molecule has 1 amide bonds. The minimum absolute atomic E-state index is 0. The first-order valence-corrected chi connectivity index (χ1v) is 8.04. The van der Waals surface area contributed by atoms with E-state index in [1.165, 1.54) is 0 Å². The molecule has 0 bridgehead atoms. The number of benzene rings is 1. The minimum Gasteiger partial charge on any atom is -0.351 e. The van der Waals surface area contributed by atoms with Gasteiger partial charge in [-0.05, 0) is 38.3 Å². The van der Waals surface area contributed by atoms with Crippen LogP contribution in [0.5, 0.6) is 0 Å². The van der Waals surface area contributed by atoms with E-state index in [0.717, 1.165) is 22.6 Å². The summed E-state index contributed by atoms with van der Waals surface area (Å²) in [7, 11) is 0. The Morgan fingerprint density at radius 3 is 2.46 bits per heavy atom. The maximum Gasteiger partial charge on any atom is 0.237 e. The number of nitrogens with two attached hydrogens (primary N) is 1. The molecule has 1 atom stereocenters. The first kappa shape index (κ1) is 20.2. The SMILES string of the molecule is Cc1nn(-c2ccccc2)c(C)c1CNC(=O)[C@@H](N)CC(C)C.Cl. The van der Waals surface area contributed by atoms with Crippen LogP contribution in [0.4, 0.5) is 0 Å². The quantitative estimate of drug-likeness (QED) is 0.841. The molecular formula is C18H27ClN4O. The zero-order valence-corrected chi connectivity index (χ0v) is 15.6. The lowest BCUT2D eigenvalue weighted by Crippen LogP contribution is -2.41. The molecule has 1 heterocycles. The molecule has 0 aliphatic carbocycles. The number of halogens is 1. The highest BCUT2D eigenvalue weighted by Gasteiger charge is 2.17. The Balaban J connectivity index is 0.00000288. The van der Waals surface area contributed by atoms with E-state index in [-0.39, 0.29) is 18.3 Å². The third kappa shape index (κ3) is 4.82. The molecule has 2 rings (SSSR count). The highest BCUT2D eigenvalue weighted by atomic mass is 35.5. The van der Waals surface area contributed by atoms with Crippen molar-refractivity contribution >= 4 is 18.3 Å². The van der Waals surface area contributed by atoms with E-state index >= 15 is 0 Å². The van der Waals surface area contributed by atoms with Crippen molar-refractivity contribution in [2.24, 2.45) is 11.7 Å². The van der Waals surface area contributed by atoms with Crippen LogP contribution in [0.25, 0.3) is 5.69 Å².